The van der Waals surface area contributed by atoms with Gasteiger partial charge in [0.05, 0.1) is 6.54 Å². The molecule has 1 unspecified atom stereocenters. The first-order chi connectivity index (χ1) is 10.6. The fourth-order valence-electron chi connectivity index (χ4n) is 2.07. The van der Waals surface area contributed by atoms with E-state index in [1.54, 1.807) is 0 Å². The number of aromatic nitrogens is 1. The molecule has 0 aliphatic heterocycles. The Bertz CT molecular complexity index is 443. The standard InChI is InChI=1S/C17H31N5.HI/c1-6-14(5)21-17(18-7-2)20-13-15-10-11-16(19-12-15)22(8-3)9-4;/h10-12,14H,6-9,13H2,1-5H3,(H2,18,20,21);1H. The van der Waals surface area contributed by atoms with Crippen LogP contribution in [0.3, 0.4) is 0 Å². The summed E-state index contributed by atoms with van der Waals surface area (Å²) in [5.74, 6) is 1.90. The predicted molar refractivity (Wildman–Crippen MR) is 111 cm³/mol. The van der Waals surface area contributed by atoms with Gasteiger partial charge in [-0.15, -0.1) is 24.0 Å². The fourth-order valence-corrected chi connectivity index (χ4v) is 2.07. The first-order valence-corrected chi connectivity index (χ1v) is 8.39. The van der Waals surface area contributed by atoms with Crippen LogP contribution in [0.15, 0.2) is 23.3 Å². The average molecular weight is 433 g/mol. The first kappa shape index (κ1) is 21.9. The van der Waals surface area contributed by atoms with E-state index in [4.69, 9.17) is 0 Å². The van der Waals surface area contributed by atoms with Crippen molar-refractivity contribution in [2.45, 2.75) is 53.6 Å². The van der Waals surface area contributed by atoms with Crippen LogP contribution in [-0.2, 0) is 6.54 Å². The Hall–Kier alpha value is -1.05. The van der Waals surface area contributed by atoms with Crippen molar-refractivity contribution in [1.29, 1.82) is 0 Å². The highest BCUT2D eigenvalue weighted by Gasteiger charge is 2.04. The van der Waals surface area contributed by atoms with Gasteiger partial charge in [-0.3, -0.25) is 0 Å². The van der Waals surface area contributed by atoms with Crippen molar-refractivity contribution in [1.82, 2.24) is 15.6 Å². The SMILES string of the molecule is CCNC(=NCc1ccc(N(CC)CC)nc1)NC(C)CC.I. The van der Waals surface area contributed by atoms with Crippen molar-refractivity contribution < 1.29 is 0 Å². The van der Waals surface area contributed by atoms with Crippen molar-refractivity contribution >= 4 is 35.8 Å². The van der Waals surface area contributed by atoms with E-state index in [0.29, 0.717) is 12.6 Å². The lowest BCUT2D eigenvalue weighted by atomic mass is 10.2. The summed E-state index contributed by atoms with van der Waals surface area (Å²) in [5, 5.41) is 6.67. The van der Waals surface area contributed by atoms with Gasteiger partial charge in [0.2, 0.25) is 0 Å². The van der Waals surface area contributed by atoms with Gasteiger partial charge < -0.3 is 15.5 Å². The van der Waals surface area contributed by atoms with Crippen molar-refractivity contribution in [3.05, 3.63) is 23.9 Å². The van der Waals surface area contributed by atoms with E-state index in [0.717, 1.165) is 43.4 Å². The van der Waals surface area contributed by atoms with Crippen molar-refractivity contribution in [2.75, 3.05) is 24.5 Å². The maximum atomic E-state index is 4.63. The molecule has 0 aromatic carbocycles. The average Bonchev–Trinajstić information content (AvgIpc) is 2.55. The largest absolute Gasteiger partial charge is 0.357 e. The lowest BCUT2D eigenvalue weighted by Gasteiger charge is -2.19. The molecule has 0 bridgehead atoms. The van der Waals surface area contributed by atoms with Crippen LogP contribution in [0.1, 0.15) is 46.6 Å². The Morgan fingerprint density at radius 2 is 1.91 bits per heavy atom. The quantitative estimate of drug-likeness (QED) is 0.375. The van der Waals surface area contributed by atoms with Crippen LogP contribution in [0, 0.1) is 0 Å². The second kappa shape index (κ2) is 12.4. The summed E-state index contributed by atoms with van der Waals surface area (Å²) in [4.78, 5) is 11.4. The van der Waals surface area contributed by atoms with Crippen LogP contribution in [0.25, 0.3) is 0 Å². The maximum Gasteiger partial charge on any atom is 0.191 e. The van der Waals surface area contributed by atoms with E-state index in [1.165, 1.54) is 0 Å². The molecule has 1 heterocycles. The van der Waals surface area contributed by atoms with Gasteiger partial charge in [-0.25, -0.2) is 9.98 Å². The van der Waals surface area contributed by atoms with E-state index in [9.17, 15) is 0 Å². The normalized spacial score (nSPS) is 12.3. The Balaban J connectivity index is 0.00000484. The highest BCUT2D eigenvalue weighted by atomic mass is 127. The van der Waals surface area contributed by atoms with E-state index in [2.05, 4.69) is 72.3 Å². The van der Waals surface area contributed by atoms with Crippen molar-refractivity contribution in [2.24, 2.45) is 4.99 Å². The molecule has 0 aliphatic rings. The van der Waals surface area contributed by atoms with Crippen LogP contribution < -0.4 is 15.5 Å². The zero-order chi connectivity index (χ0) is 16.4. The Kier molecular flexibility index (Phi) is 11.8. The Labute approximate surface area is 158 Å². The number of aliphatic imine (C=N–C) groups is 1. The second-order valence-corrected chi connectivity index (χ2v) is 5.35. The second-order valence-electron chi connectivity index (χ2n) is 5.35. The first-order valence-electron chi connectivity index (χ1n) is 8.39. The number of nitrogens with zero attached hydrogens (tertiary/aromatic N) is 3. The minimum Gasteiger partial charge on any atom is -0.357 e. The summed E-state index contributed by atoms with van der Waals surface area (Å²) >= 11 is 0. The predicted octanol–water partition coefficient (Wildman–Crippen LogP) is 3.40. The molecule has 1 aromatic rings. The third-order valence-electron chi connectivity index (χ3n) is 3.66. The van der Waals surface area contributed by atoms with Gasteiger partial charge in [0, 0.05) is 31.9 Å². The number of guanidine groups is 1. The number of nitrogens with one attached hydrogen (secondary N) is 2. The molecule has 0 spiro atoms. The Morgan fingerprint density at radius 1 is 1.22 bits per heavy atom. The summed E-state index contributed by atoms with van der Waals surface area (Å²) in [6.45, 7) is 14.1. The van der Waals surface area contributed by atoms with E-state index < -0.39 is 0 Å². The van der Waals surface area contributed by atoms with E-state index in [-0.39, 0.29) is 24.0 Å². The molecule has 23 heavy (non-hydrogen) atoms. The third kappa shape index (κ3) is 7.85. The maximum absolute atomic E-state index is 4.63. The third-order valence-corrected chi connectivity index (χ3v) is 3.66. The number of anilines is 1. The Morgan fingerprint density at radius 3 is 2.39 bits per heavy atom. The highest BCUT2D eigenvalue weighted by Crippen LogP contribution is 2.11. The molecule has 5 nitrogen and oxygen atoms in total. The monoisotopic (exact) mass is 433 g/mol. The molecule has 1 atom stereocenters. The molecule has 132 valence electrons. The van der Waals surface area contributed by atoms with Crippen LogP contribution in [-0.4, -0.2) is 36.6 Å². The van der Waals surface area contributed by atoms with Gasteiger partial charge in [-0.2, -0.15) is 0 Å². The number of hydrogen-bond acceptors (Lipinski definition) is 3. The molecule has 0 amide bonds. The van der Waals surface area contributed by atoms with Crippen LogP contribution in [0.2, 0.25) is 0 Å². The van der Waals surface area contributed by atoms with Gasteiger partial charge in [0.15, 0.2) is 5.96 Å². The summed E-state index contributed by atoms with van der Waals surface area (Å²) in [6.07, 6.45) is 2.99. The van der Waals surface area contributed by atoms with Gasteiger partial charge in [-0.05, 0) is 45.7 Å². The summed E-state index contributed by atoms with van der Waals surface area (Å²) in [5.41, 5.74) is 1.12. The fraction of sp³-hybridized carbons (Fsp3) is 0.647. The lowest BCUT2D eigenvalue weighted by molar-refractivity contribution is 0.624. The number of rotatable bonds is 8. The van der Waals surface area contributed by atoms with Crippen molar-refractivity contribution in [3.8, 4) is 0 Å². The molecule has 1 rings (SSSR count). The van der Waals surface area contributed by atoms with Crippen LogP contribution >= 0.6 is 24.0 Å². The molecule has 0 aliphatic carbocycles. The van der Waals surface area contributed by atoms with Gasteiger partial charge >= 0.3 is 0 Å². The van der Waals surface area contributed by atoms with E-state index >= 15 is 0 Å². The highest BCUT2D eigenvalue weighted by molar-refractivity contribution is 14.0. The molecule has 2 N–H and O–H groups in total. The zero-order valence-corrected chi connectivity index (χ0v) is 17.4. The molecule has 6 heteroatoms. The van der Waals surface area contributed by atoms with Gasteiger partial charge in [0.25, 0.3) is 0 Å². The number of hydrogen-bond donors (Lipinski definition) is 2. The van der Waals surface area contributed by atoms with Crippen LogP contribution in [0.5, 0.6) is 0 Å². The zero-order valence-electron chi connectivity index (χ0n) is 15.1. The molecule has 1 aromatic heterocycles. The molecular weight excluding hydrogens is 401 g/mol. The minimum atomic E-state index is 0. The summed E-state index contributed by atoms with van der Waals surface area (Å²) in [7, 11) is 0. The van der Waals surface area contributed by atoms with Crippen LogP contribution in [0.4, 0.5) is 5.82 Å². The summed E-state index contributed by atoms with van der Waals surface area (Å²) in [6, 6.07) is 4.60. The minimum absolute atomic E-state index is 0. The van der Waals surface area contributed by atoms with Crippen molar-refractivity contribution in [3.63, 3.8) is 0 Å². The summed E-state index contributed by atoms with van der Waals surface area (Å²) < 4.78 is 0. The van der Waals surface area contributed by atoms with Gasteiger partial charge in [-0.1, -0.05) is 13.0 Å². The molecule has 0 radical (unpaired) electrons. The molecule has 0 fully saturated rings. The molecular formula is C17H32IN5. The molecule has 0 saturated carbocycles. The number of pyridine rings is 1. The van der Waals surface area contributed by atoms with Gasteiger partial charge in [0.1, 0.15) is 5.82 Å². The molecule has 0 saturated heterocycles. The number of halogens is 1. The lowest BCUT2D eigenvalue weighted by Crippen LogP contribution is -2.41. The van der Waals surface area contributed by atoms with E-state index in [1.807, 2.05) is 6.20 Å². The smallest absolute Gasteiger partial charge is 0.191 e. The topological polar surface area (TPSA) is 52.6 Å².